The fourth-order valence-corrected chi connectivity index (χ4v) is 1.04. The highest BCUT2D eigenvalue weighted by Crippen LogP contribution is 2.19. The molecule has 0 unspecified atom stereocenters. The van der Waals surface area contributed by atoms with Crippen molar-refractivity contribution in [3.63, 3.8) is 0 Å². The second-order valence-electron chi connectivity index (χ2n) is 2.30. The molecule has 1 heterocycles. The lowest BCUT2D eigenvalue weighted by atomic mass is 10.6. The van der Waals surface area contributed by atoms with Crippen molar-refractivity contribution in [2.45, 2.75) is 11.2 Å². The lowest BCUT2D eigenvalue weighted by Crippen LogP contribution is -2.19. The van der Waals surface area contributed by atoms with Gasteiger partial charge in [-0.05, 0) is 6.26 Å². The molecule has 0 bridgehead atoms. The Hall–Kier alpha value is -0.980. The largest absolute Gasteiger partial charge is 0.468 e. The van der Waals surface area contributed by atoms with E-state index in [1.165, 1.54) is 17.8 Å². The Labute approximate surface area is 82.7 Å². The van der Waals surface area contributed by atoms with Crippen LogP contribution in [0.25, 0.3) is 0 Å². The van der Waals surface area contributed by atoms with Gasteiger partial charge in [-0.1, -0.05) is 0 Å². The zero-order valence-corrected chi connectivity index (χ0v) is 8.02. The number of aromatic nitrogens is 2. The van der Waals surface area contributed by atoms with Crippen LogP contribution in [0.3, 0.4) is 0 Å². The Bertz CT molecular complexity index is 305. The highest BCUT2D eigenvalue weighted by Gasteiger charge is 2.28. The number of hydrogen-bond acceptors (Lipinski definition) is 4. The minimum absolute atomic E-state index is 0.0679. The second kappa shape index (κ2) is 4.50. The standard InChI is InChI=1S/C7H7F3N2OS/c1-14-6-2-5(11-4-12-6)13-3-7(8,9)10/h2,4H,3H2,1H3. The lowest BCUT2D eigenvalue weighted by molar-refractivity contribution is -0.154. The Balaban J connectivity index is 2.59. The summed E-state index contributed by atoms with van der Waals surface area (Å²) in [5, 5.41) is 0.567. The molecular formula is C7H7F3N2OS. The minimum Gasteiger partial charge on any atom is -0.468 e. The van der Waals surface area contributed by atoms with Crippen LogP contribution in [0.1, 0.15) is 0 Å². The normalized spacial score (nSPS) is 11.4. The number of hydrogen-bond donors (Lipinski definition) is 0. The maximum atomic E-state index is 11.8. The number of nitrogens with zero attached hydrogens (tertiary/aromatic N) is 2. The van der Waals surface area contributed by atoms with E-state index >= 15 is 0 Å². The van der Waals surface area contributed by atoms with Crippen LogP contribution in [0.15, 0.2) is 17.4 Å². The molecule has 0 amide bonds. The molecule has 0 saturated carbocycles. The SMILES string of the molecule is CSc1cc(OCC(F)(F)F)ncn1. The van der Waals surface area contributed by atoms with Gasteiger partial charge in [-0.3, -0.25) is 0 Å². The molecule has 0 saturated heterocycles. The van der Waals surface area contributed by atoms with Crippen LogP contribution in [0.2, 0.25) is 0 Å². The summed E-state index contributed by atoms with van der Waals surface area (Å²) in [6, 6.07) is 1.36. The van der Waals surface area contributed by atoms with Gasteiger partial charge in [0.2, 0.25) is 5.88 Å². The minimum atomic E-state index is -4.34. The number of halogens is 3. The van der Waals surface area contributed by atoms with Crippen LogP contribution in [-0.4, -0.2) is 29.0 Å². The monoisotopic (exact) mass is 224 g/mol. The van der Waals surface area contributed by atoms with E-state index < -0.39 is 12.8 Å². The quantitative estimate of drug-likeness (QED) is 0.582. The van der Waals surface area contributed by atoms with E-state index in [1.54, 1.807) is 6.26 Å². The molecule has 1 rings (SSSR count). The van der Waals surface area contributed by atoms with Crippen LogP contribution in [0.4, 0.5) is 13.2 Å². The first kappa shape index (κ1) is 11.1. The molecule has 14 heavy (non-hydrogen) atoms. The van der Waals surface area contributed by atoms with Gasteiger partial charge in [-0.2, -0.15) is 13.2 Å². The second-order valence-corrected chi connectivity index (χ2v) is 3.13. The van der Waals surface area contributed by atoms with Crippen LogP contribution < -0.4 is 4.74 Å². The highest BCUT2D eigenvalue weighted by atomic mass is 32.2. The van der Waals surface area contributed by atoms with Crippen molar-refractivity contribution in [1.29, 1.82) is 0 Å². The van der Waals surface area contributed by atoms with Crippen molar-refractivity contribution < 1.29 is 17.9 Å². The highest BCUT2D eigenvalue weighted by molar-refractivity contribution is 7.98. The first-order valence-electron chi connectivity index (χ1n) is 3.57. The molecule has 0 N–H and O–H groups in total. The molecule has 0 spiro atoms. The van der Waals surface area contributed by atoms with Gasteiger partial charge in [-0.15, -0.1) is 11.8 Å². The van der Waals surface area contributed by atoms with Crippen LogP contribution in [-0.2, 0) is 0 Å². The fraction of sp³-hybridized carbons (Fsp3) is 0.429. The lowest BCUT2D eigenvalue weighted by Gasteiger charge is -2.07. The van der Waals surface area contributed by atoms with E-state index in [0.29, 0.717) is 5.03 Å². The van der Waals surface area contributed by atoms with E-state index in [4.69, 9.17) is 0 Å². The molecule has 0 aliphatic heterocycles. The third kappa shape index (κ3) is 3.82. The van der Waals surface area contributed by atoms with Crippen molar-refractivity contribution in [2.75, 3.05) is 12.9 Å². The Morgan fingerprint density at radius 3 is 2.71 bits per heavy atom. The zero-order valence-electron chi connectivity index (χ0n) is 7.21. The van der Waals surface area contributed by atoms with E-state index in [2.05, 4.69) is 14.7 Å². The number of thioether (sulfide) groups is 1. The van der Waals surface area contributed by atoms with Crippen molar-refractivity contribution in [3.05, 3.63) is 12.4 Å². The number of ether oxygens (including phenoxy) is 1. The Morgan fingerprint density at radius 2 is 2.14 bits per heavy atom. The molecule has 1 aromatic rings. The van der Waals surface area contributed by atoms with Gasteiger partial charge in [0.25, 0.3) is 0 Å². The van der Waals surface area contributed by atoms with E-state index in [9.17, 15) is 13.2 Å². The van der Waals surface area contributed by atoms with Gasteiger partial charge in [-0.25, -0.2) is 9.97 Å². The van der Waals surface area contributed by atoms with Gasteiger partial charge in [0.1, 0.15) is 11.4 Å². The first-order valence-corrected chi connectivity index (χ1v) is 4.79. The summed E-state index contributed by atoms with van der Waals surface area (Å²) >= 11 is 1.30. The summed E-state index contributed by atoms with van der Waals surface area (Å²) in [6.45, 7) is -1.34. The molecule has 0 fully saturated rings. The topological polar surface area (TPSA) is 35.0 Å². The van der Waals surface area contributed by atoms with Gasteiger partial charge < -0.3 is 4.74 Å². The average Bonchev–Trinajstić information content (AvgIpc) is 2.14. The molecule has 0 atom stereocenters. The molecule has 1 aromatic heterocycles. The molecule has 0 aliphatic rings. The van der Waals surface area contributed by atoms with Crippen molar-refractivity contribution in [2.24, 2.45) is 0 Å². The van der Waals surface area contributed by atoms with E-state index in [-0.39, 0.29) is 5.88 Å². The van der Waals surface area contributed by atoms with Gasteiger partial charge >= 0.3 is 6.18 Å². The van der Waals surface area contributed by atoms with Gasteiger partial charge in [0.05, 0.1) is 0 Å². The molecule has 0 aromatic carbocycles. The summed E-state index contributed by atoms with van der Waals surface area (Å²) < 4.78 is 39.7. The van der Waals surface area contributed by atoms with Crippen LogP contribution in [0.5, 0.6) is 5.88 Å². The first-order chi connectivity index (χ1) is 6.51. The third-order valence-corrected chi connectivity index (χ3v) is 1.85. The van der Waals surface area contributed by atoms with Gasteiger partial charge in [0.15, 0.2) is 6.61 Å². The molecule has 78 valence electrons. The number of rotatable bonds is 3. The summed E-state index contributed by atoms with van der Waals surface area (Å²) in [5.74, 6) is -0.0679. The molecule has 3 nitrogen and oxygen atoms in total. The van der Waals surface area contributed by atoms with Crippen LogP contribution in [0, 0.1) is 0 Å². The maximum absolute atomic E-state index is 11.8. The van der Waals surface area contributed by atoms with E-state index in [1.807, 2.05) is 0 Å². The van der Waals surface area contributed by atoms with E-state index in [0.717, 1.165) is 6.33 Å². The predicted octanol–water partition coefficient (Wildman–Crippen LogP) is 2.14. The maximum Gasteiger partial charge on any atom is 0.422 e. The number of alkyl halides is 3. The fourth-order valence-electron chi connectivity index (χ4n) is 0.669. The van der Waals surface area contributed by atoms with Crippen molar-refractivity contribution in [1.82, 2.24) is 9.97 Å². The molecule has 0 radical (unpaired) electrons. The summed E-state index contributed by atoms with van der Waals surface area (Å²) in [6.07, 6.45) is -1.42. The molecule has 7 heteroatoms. The van der Waals surface area contributed by atoms with Gasteiger partial charge in [0, 0.05) is 6.07 Å². The summed E-state index contributed by atoms with van der Waals surface area (Å²) in [7, 11) is 0. The molecule has 0 aliphatic carbocycles. The Kier molecular flexibility index (Phi) is 3.56. The molecular weight excluding hydrogens is 217 g/mol. The predicted molar refractivity (Wildman–Crippen MR) is 45.4 cm³/mol. The summed E-state index contributed by atoms with van der Waals surface area (Å²) in [5.41, 5.74) is 0. The zero-order chi connectivity index (χ0) is 10.6. The van der Waals surface area contributed by atoms with Crippen LogP contribution >= 0.6 is 11.8 Å². The third-order valence-electron chi connectivity index (χ3n) is 1.21. The Morgan fingerprint density at radius 1 is 1.43 bits per heavy atom. The van der Waals surface area contributed by atoms with Crippen molar-refractivity contribution >= 4 is 11.8 Å². The van der Waals surface area contributed by atoms with Crippen molar-refractivity contribution in [3.8, 4) is 5.88 Å². The smallest absolute Gasteiger partial charge is 0.422 e. The summed E-state index contributed by atoms with van der Waals surface area (Å²) in [4.78, 5) is 7.34. The average molecular weight is 224 g/mol.